The number of alkyl halides is 2. The Kier molecular flexibility index (Phi) is 6.29. The van der Waals surface area contributed by atoms with Crippen molar-refractivity contribution in [2.75, 3.05) is 0 Å². The van der Waals surface area contributed by atoms with E-state index in [1.807, 2.05) is 67.6 Å². The van der Waals surface area contributed by atoms with Gasteiger partial charge in [-0.25, -0.2) is 0 Å². The largest absolute Gasteiger partial charge is 0.453 e. The molecule has 2 nitrogen and oxygen atoms in total. The molecule has 0 N–H and O–H groups in total. The fourth-order valence-electron chi connectivity index (χ4n) is 2.12. The zero-order valence-corrected chi connectivity index (χ0v) is 13.8. The van der Waals surface area contributed by atoms with Crippen molar-refractivity contribution in [3.8, 4) is 0 Å². The molecule has 0 fully saturated rings. The molecule has 0 amide bonds. The van der Waals surface area contributed by atoms with E-state index in [0.717, 1.165) is 11.1 Å². The van der Waals surface area contributed by atoms with Gasteiger partial charge in [0.25, 0.3) is 0 Å². The van der Waals surface area contributed by atoms with Gasteiger partial charge in [-0.3, -0.25) is 4.79 Å². The van der Waals surface area contributed by atoms with Gasteiger partial charge >= 0.3 is 5.97 Å². The van der Waals surface area contributed by atoms with Crippen molar-refractivity contribution in [3.63, 3.8) is 0 Å². The predicted molar refractivity (Wildman–Crippen MR) is 90.1 cm³/mol. The highest BCUT2D eigenvalue weighted by Crippen LogP contribution is 2.27. The molecule has 0 radical (unpaired) electrons. The standard InChI is InChI=1S/C18H18Cl2O2/c1-13(18(19)20)12-16(21)22-17(14-8-4-2-5-9-14)15-10-6-3-7-11-15/h2-11,13,17-18H,12H2,1H3/t13-/m0/s1. The number of hydrogen-bond donors (Lipinski definition) is 0. The average molecular weight is 337 g/mol. The normalized spacial score (nSPS) is 12.4. The van der Waals surface area contributed by atoms with Crippen LogP contribution in [-0.4, -0.2) is 10.8 Å². The minimum atomic E-state index is -0.584. The number of carbonyl (C=O) groups excluding carboxylic acids is 1. The summed E-state index contributed by atoms with van der Waals surface area (Å²) in [7, 11) is 0. The number of hydrogen-bond acceptors (Lipinski definition) is 2. The highest BCUT2D eigenvalue weighted by Gasteiger charge is 2.22. The summed E-state index contributed by atoms with van der Waals surface area (Å²) >= 11 is 11.6. The van der Waals surface area contributed by atoms with Crippen molar-refractivity contribution < 1.29 is 9.53 Å². The lowest BCUT2D eigenvalue weighted by Crippen LogP contribution is -2.17. The second kappa shape index (κ2) is 8.21. The molecular weight excluding hydrogens is 319 g/mol. The Morgan fingerprint density at radius 2 is 1.41 bits per heavy atom. The van der Waals surface area contributed by atoms with Crippen LogP contribution in [0.2, 0.25) is 0 Å². The molecule has 0 saturated carbocycles. The molecule has 0 unspecified atom stereocenters. The molecule has 0 aromatic heterocycles. The summed E-state index contributed by atoms with van der Waals surface area (Å²) in [6, 6.07) is 19.3. The van der Waals surface area contributed by atoms with Crippen LogP contribution in [0.25, 0.3) is 0 Å². The Morgan fingerprint density at radius 3 is 1.82 bits per heavy atom. The molecule has 0 bridgehead atoms. The molecule has 1 atom stereocenters. The van der Waals surface area contributed by atoms with E-state index < -0.39 is 10.9 Å². The van der Waals surface area contributed by atoms with Gasteiger partial charge in [0.05, 0.1) is 6.42 Å². The van der Waals surface area contributed by atoms with E-state index in [1.54, 1.807) is 0 Å². The van der Waals surface area contributed by atoms with Gasteiger partial charge in [0.15, 0.2) is 6.10 Å². The third kappa shape index (κ3) is 4.75. The zero-order valence-electron chi connectivity index (χ0n) is 12.3. The van der Waals surface area contributed by atoms with E-state index in [9.17, 15) is 4.79 Å². The maximum atomic E-state index is 12.2. The number of rotatable bonds is 6. The zero-order chi connectivity index (χ0) is 15.9. The first-order valence-electron chi connectivity index (χ1n) is 7.15. The van der Waals surface area contributed by atoms with E-state index in [4.69, 9.17) is 27.9 Å². The van der Waals surface area contributed by atoms with E-state index in [-0.39, 0.29) is 18.3 Å². The SMILES string of the molecule is C[C@@H](CC(=O)OC(c1ccccc1)c1ccccc1)C(Cl)Cl. The molecule has 4 heteroatoms. The second-order valence-corrected chi connectivity index (χ2v) is 6.37. The second-order valence-electron chi connectivity index (χ2n) is 5.21. The third-order valence-corrected chi connectivity index (χ3v) is 4.23. The van der Waals surface area contributed by atoms with Crippen molar-refractivity contribution in [2.24, 2.45) is 5.92 Å². The average Bonchev–Trinajstić information content (AvgIpc) is 2.54. The molecule has 2 aromatic rings. The van der Waals surface area contributed by atoms with Crippen molar-refractivity contribution in [1.29, 1.82) is 0 Å². The molecule has 0 saturated heterocycles. The lowest BCUT2D eigenvalue weighted by Gasteiger charge is -2.20. The number of esters is 1. The molecule has 0 heterocycles. The monoisotopic (exact) mass is 336 g/mol. The van der Waals surface area contributed by atoms with Crippen LogP contribution in [0.3, 0.4) is 0 Å². The smallest absolute Gasteiger partial charge is 0.307 e. The summed E-state index contributed by atoms with van der Waals surface area (Å²) in [5, 5.41) is 0. The fourth-order valence-corrected chi connectivity index (χ4v) is 2.29. The van der Waals surface area contributed by atoms with Crippen LogP contribution in [0, 0.1) is 5.92 Å². The summed E-state index contributed by atoms with van der Waals surface area (Å²) in [5.41, 5.74) is 1.87. The van der Waals surface area contributed by atoms with Crippen molar-refractivity contribution in [1.82, 2.24) is 0 Å². The van der Waals surface area contributed by atoms with Crippen LogP contribution < -0.4 is 0 Å². The molecule has 0 aliphatic rings. The van der Waals surface area contributed by atoms with Gasteiger partial charge < -0.3 is 4.74 Å². The Bertz CT molecular complexity index is 545. The Labute approximate surface area is 141 Å². The lowest BCUT2D eigenvalue weighted by atomic mass is 10.0. The molecule has 2 aromatic carbocycles. The van der Waals surface area contributed by atoms with Crippen molar-refractivity contribution in [3.05, 3.63) is 71.8 Å². The van der Waals surface area contributed by atoms with Crippen LogP contribution >= 0.6 is 23.2 Å². The maximum absolute atomic E-state index is 12.2. The third-order valence-electron chi connectivity index (χ3n) is 3.37. The van der Waals surface area contributed by atoms with Crippen LogP contribution in [0.4, 0.5) is 0 Å². The van der Waals surface area contributed by atoms with E-state index in [2.05, 4.69) is 0 Å². The van der Waals surface area contributed by atoms with Gasteiger partial charge in [0, 0.05) is 0 Å². The van der Waals surface area contributed by atoms with Gasteiger partial charge in [-0.05, 0) is 17.0 Å². The topological polar surface area (TPSA) is 26.3 Å². The highest BCUT2D eigenvalue weighted by molar-refractivity contribution is 6.44. The van der Waals surface area contributed by atoms with E-state index in [0.29, 0.717) is 0 Å². The maximum Gasteiger partial charge on any atom is 0.307 e. The molecule has 0 spiro atoms. The quantitative estimate of drug-likeness (QED) is 0.538. The van der Waals surface area contributed by atoms with E-state index >= 15 is 0 Å². The summed E-state index contributed by atoms with van der Waals surface area (Å²) < 4.78 is 5.69. The number of benzene rings is 2. The Balaban J connectivity index is 2.18. The van der Waals surface area contributed by atoms with Crippen LogP contribution in [-0.2, 0) is 9.53 Å². The van der Waals surface area contributed by atoms with Gasteiger partial charge in [-0.2, -0.15) is 0 Å². The Morgan fingerprint density at radius 1 is 0.955 bits per heavy atom. The Hall–Kier alpha value is -1.51. The van der Waals surface area contributed by atoms with Crippen LogP contribution in [0.5, 0.6) is 0 Å². The minimum absolute atomic E-state index is 0.150. The van der Waals surface area contributed by atoms with Gasteiger partial charge in [0.2, 0.25) is 0 Å². The van der Waals surface area contributed by atoms with Gasteiger partial charge in [-0.15, -0.1) is 23.2 Å². The van der Waals surface area contributed by atoms with Crippen LogP contribution in [0.1, 0.15) is 30.6 Å². The number of carbonyl (C=O) groups is 1. The lowest BCUT2D eigenvalue weighted by molar-refractivity contribution is -0.148. The first-order chi connectivity index (χ1) is 10.6. The molecule has 116 valence electrons. The molecule has 0 aliphatic carbocycles. The summed E-state index contributed by atoms with van der Waals surface area (Å²) in [4.78, 5) is 11.6. The molecule has 0 aliphatic heterocycles. The van der Waals surface area contributed by atoms with Gasteiger partial charge in [0.1, 0.15) is 4.84 Å². The molecule has 2 rings (SSSR count). The number of ether oxygens (including phenoxy) is 1. The summed E-state index contributed by atoms with van der Waals surface area (Å²) in [5.74, 6) is -0.459. The summed E-state index contributed by atoms with van der Waals surface area (Å²) in [6.45, 7) is 1.83. The first-order valence-corrected chi connectivity index (χ1v) is 8.02. The highest BCUT2D eigenvalue weighted by atomic mass is 35.5. The summed E-state index contributed by atoms with van der Waals surface area (Å²) in [6.07, 6.45) is -0.236. The van der Waals surface area contributed by atoms with E-state index in [1.165, 1.54) is 0 Å². The van der Waals surface area contributed by atoms with Crippen LogP contribution in [0.15, 0.2) is 60.7 Å². The molecular formula is C18H18Cl2O2. The van der Waals surface area contributed by atoms with Gasteiger partial charge in [-0.1, -0.05) is 67.6 Å². The predicted octanol–water partition coefficient (Wildman–Crippen LogP) is 5.15. The molecule has 22 heavy (non-hydrogen) atoms. The van der Waals surface area contributed by atoms with Crippen molar-refractivity contribution >= 4 is 29.2 Å². The fraction of sp³-hybridized carbons (Fsp3) is 0.278. The number of halogens is 2. The van der Waals surface area contributed by atoms with Crippen molar-refractivity contribution in [2.45, 2.75) is 24.3 Å². The minimum Gasteiger partial charge on any atom is -0.453 e. The first kappa shape index (κ1) is 16.9.